The molecule has 2 aromatic rings. The number of fused-ring (bicyclic) bond motifs is 1. The van der Waals surface area contributed by atoms with Gasteiger partial charge in [-0.05, 0) is 35.4 Å². The molecule has 44 heavy (non-hydrogen) atoms. The number of carbonyl (C=O) groups is 4. The van der Waals surface area contributed by atoms with E-state index in [1.807, 2.05) is 0 Å². The third-order valence-electron chi connectivity index (χ3n) is 7.02. The van der Waals surface area contributed by atoms with Crippen LogP contribution in [0.25, 0.3) is 0 Å². The maximum atomic E-state index is 13.0. The summed E-state index contributed by atoms with van der Waals surface area (Å²) in [4.78, 5) is 75.7. The number of benzene rings is 2. The zero-order chi connectivity index (χ0) is 31.4. The number of thioether (sulfide) groups is 2. The van der Waals surface area contributed by atoms with E-state index in [4.69, 9.17) is 9.47 Å². The quantitative estimate of drug-likeness (QED) is 0.160. The Morgan fingerprint density at radius 3 is 1.89 bits per heavy atom. The molecule has 0 saturated carbocycles. The lowest BCUT2D eigenvalue weighted by molar-refractivity contribution is -0.385. The lowest BCUT2D eigenvalue weighted by Crippen LogP contribution is -2.51. The molecular weight excluding hydrogens is 618 g/mol. The molecule has 17 heteroatoms. The van der Waals surface area contributed by atoms with Gasteiger partial charge in [-0.25, -0.2) is 9.59 Å². The molecule has 3 amide bonds. The number of hydrogen-bond acceptors (Lipinski definition) is 12. The Bertz CT molecular complexity index is 1520. The number of carbonyl (C=O) groups excluding carboxylic acids is 4. The second-order valence-electron chi connectivity index (χ2n) is 9.81. The number of β-lactam (4-membered cyclic amide) rings is 1. The number of nitro groups is 2. The zero-order valence-corrected chi connectivity index (χ0v) is 24.6. The minimum Gasteiger partial charge on any atom is -0.456 e. The minimum atomic E-state index is -0.720. The average Bonchev–Trinajstić information content (AvgIpc) is 3.33. The summed E-state index contributed by atoms with van der Waals surface area (Å²) in [6.07, 6.45) is -0.284. The second-order valence-corrected chi connectivity index (χ2v) is 12.2. The van der Waals surface area contributed by atoms with Gasteiger partial charge in [0.15, 0.2) is 5.70 Å². The van der Waals surface area contributed by atoms with Crippen molar-refractivity contribution in [1.82, 2.24) is 14.7 Å². The van der Waals surface area contributed by atoms with Crippen molar-refractivity contribution >= 4 is 58.8 Å². The molecule has 15 nitrogen and oxygen atoms in total. The molecule has 0 aromatic heterocycles. The predicted molar refractivity (Wildman–Crippen MR) is 157 cm³/mol. The summed E-state index contributed by atoms with van der Waals surface area (Å²) in [7, 11) is 0. The highest BCUT2D eigenvalue weighted by Gasteiger charge is 2.49. The lowest BCUT2D eigenvalue weighted by atomic mass is 10.2. The molecule has 2 saturated heterocycles. The molecule has 0 unspecified atom stereocenters. The van der Waals surface area contributed by atoms with Gasteiger partial charge >= 0.3 is 12.1 Å². The van der Waals surface area contributed by atoms with Crippen LogP contribution in [0.15, 0.2) is 58.5 Å². The second kappa shape index (κ2) is 13.3. The summed E-state index contributed by atoms with van der Waals surface area (Å²) < 4.78 is 11.2. The van der Waals surface area contributed by atoms with Crippen molar-refractivity contribution in [3.8, 4) is 0 Å². The first-order valence-electron chi connectivity index (χ1n) is 13.3. The van der Waals surface area contributed by atoms with E-state index in [0.717, 1.165) is 11.8 Å². The maximum Gasteiger partial charge on any atom is 0.410 e. The highest BCUT2D eigenvalue weighted by Crippen LogP contribution is 2.50. The largest absolute Gasteiger partial charge is 0.456 e. The van der Waals surface area contributed by atoms with Gasteiger partial charge in [0.05, 0.1) is 31.6 Å². The first-order valence-corrected chi connectivity index (χ1v) is 15.2. The van der Waals surface area contributed by atoms with Gasteiger partial charge < -0.3 is 19.3 Å². The minimum absolute atomic E-state index is 0.0147. The van der Waals surface area contributed by atoms with Crippen molar-refractivity contribution < 1.29 is 38.5 Å². The van der Waals surface area contributed by atoms with Crippen molar-refractivity contribution in [3.63, 3.8) is 0 Å². The molecule has 3 aliphatic heterocycles. The van der Waals surface area contributed by atoms with Crippen LogP contribution in [0, 0.1) is 20.2 Å². The molecule has 230 valence electrons. The van der Waals surface area contributed by atoms with Crippen molar-refractivity contribution in [2.75, 3.05) is 31.9 Å². The van der Waals surface area contributed by atoms with Crippen molar-refractivity contribution in [2.45, 2.75) is 25.0 Å². The highest BCUT2D eigenvalue weighted by molar-refractivity contribution is 8.23. The number of piperazine rings is 1. The molecular formula is C27H25N5O10S2. The predicted octanol–water partition coefficient (Wildman–Crippen LogP) is 3.23. The molecule has 3 heterocycles. The number of nitrogens with zero attached hydrogens (tertiary/aromatic N) is 5. The number of rotatable bonds is 10. The summed E-state index contributed by atoms with van der Waals surface area (Å²) >= 11 is 2.47. The lowest BCUT2D eigenvalue weighted by Gasteiger charge is -2.34. The van der Waals surface area contributed by atoms with Crippen molar-refractivity contribution in [3.05, 3.63) is 89.8 Å². The van der Waals surface area contributed by atoms with Gasteiger partial charge in [0.2, 0.25) is 11.8 Å². The molecule has 0 radical (unpaired) electrons. The van der Waals surface area contributed by atoms with Crippen molar-refractivity contribution in [2.24, 2.45) is 0 Å². The van der Waals surface area contributed by atoms with Crippen molar-refractivity contribution in [1.29, 1.82) is 0 Å². The van der Waals surface area contributed by atoms with E-state index >= 15 is 0 Å². The van der Waals surface area contributed by atoms with E-state index in [-0.39, 0.29) is 85.8 Å². The fourth-order valence-electron chi connectivity index (χ4n) is 4.55. The smallest absolute Gasteiger partial charge is 0.410 e. The van der Waals surface area contributed by atoms with Crippen LogP contribution in [-0.4, -0.2) is 85.7 Å². The van der Waals surface area contributed by atoms with E-state index in [2.05, 4.69) is 0 Å². The van der Waals surface area contributed by atoms with Gasteiger partial charge in [-0.15, -0.1) is 11.8 Å². The summed E-state index contributed by atoms with van der Waals surface area (Å²) in [5.41, 5.74) is 1.09. The van der Waals surface area contributed by atoms with Gasteiger partial charge in [-0.1, -0.05) is 11.8 Å². The van der Waals surface area contributed by atoms with Crippen LogP contribution >= 0.6 is 23.5 Å². The number of non-ortho nitro benzene ring substituents is 2. The fraction of sp³-hybridized carbons (Fsp3) is 0.333. The summed E-state index contributed by atoms with van der Waals surface area (Å²) in [5.74, 6) is -1.12. The van der Waals surface area contributed by atoms with E-state index in [1.54, 1.807) is 4.90 Å². The highest BCUT2D eigenvalue weighted by atomic mass is 32.2. The van der Waals surface area contributed by atoms with Crippen LogP contribution in [-0.2, 0) is 37.1 Å². The van der Waals surface area contributed by atoms with E-state index in [1.165, 1.54) is 70.1 Å². The average molecular weight is 644 g/mol. The molecule has 3 aliphatic rings. The molecule has 0 spiro atoms. The Balaban J connectivity index is 1.10. The van der Waals surface area contributed by atoms with Gasteiger partial charge in [-0.2, -0.15) is 0 Å². The number of ether oxygens (including phenoxy) is 2. The summed E-state index contributed by atoms with van der Waals surface area (Å²) in [5, 5.41) is 21.4. The van der Waals surface area contributed by atoms with Gasteiger partial charge in [0.25, 0.3) is 11.4 Å². The Morgan fingerprint density at radius 1 is 0.841 bits per heavy atom. The number of amides is 3. The van der Waals surface area contributed by atoms with Crippen LogP contribution in [0.4, 0.5) is 16.2 Å². The SMILES string of the molecule is O=C(OCc1ccc([N+](=O)[O-])cc1)C1=C(SCC(=O)N2CCN(C(=O)OCc3ccc([N+](=O)[O-])cc3)CC2)S[C@H]2CC(=O)N12. The Morgan fingerprint density at radius 2 is 1.36 bits per heavy atom. The first-order chi connectivity index (χ1) is 21.1. The Kier molecular flexibility index (Phi) is 9.34. The van der Waals surface area contributed by atoms with Crippen LogP contribution in [0.3, 0.4) is 0 Å². The fourth-order valence-corrected chi connectivity index (χ4v) is 7.18. The summed E-state index contributed by atoms with van der Waals surface area (Å²) in [6, 6.07) is 11.3. The molecule has 0 bridgehead atoms. The van der Waals surface area contributed by atoms with Gasteiger partial charge in [-0.3, -0.25) is 34.7 Å². The Hall–Kier alpha value is -4.64. The summed E-state index contributed by atoms with van der Waals surface area (Å²) in [6.45, 7) is 0.911. The molecule has 1 atom stereocenters. The normalized spacial score (nSPS) is 17.6. The van der Waals surface area contributed by atoms with Crippen LogP contribution in [0.5, 0.6) is 0 Å². The van der Waals surface area contributed by atoms with Crippen LogP contribution in [0.2, 0.25) is 0 Å². The number of hydrogen-bond donors (Lipinski definition) is 0. The van der Waals surface area contributed by atoms with Crippen LogP contribution in [0.1, 0.15) is 17.5 Å². The molecule has 5 rings (SSSR count). The zero-order valence-electron chi connectivity index (χ0n) is 23.0. The molecule has 2 fully saturated rings. The van der Waals surface area contributed by atoms with E-state index in [0.29, 0.717) is 15.4 Å². The van der Waals surface area contributed by atoms with Gasteiger partial charge in [0, 0.05) is 50.4 Å². The molecule has 2 aromatic carbocycles. The third kappa shape index (κ3) is 6.94. The molecule has 0 aliphatic carbocycles. The van der Waals surface area contributed by atoms with E-state index in [9.17, 15) is 39.4 Å². The first kappa shape index (κ1) is 30.8. The number of nitro benzene ring substituents is 2. The number of esters is 1. The monoisotopic (exact) mass is 643 g/mol. The van der Waals surface area contributed by atoms with E-state index < -0.39 is 21.9 Å². The third-order valence-corrected chi connectivity index (χ3v) is 9.57. The maximum absolute atomic E-state index is 13.0. The topological polar surface area (TPSA) is 183 Å². The van der Waals surface area contributed by atoms with Crippen LogP contribution < -0.4 is 0 Å². The van der Waals surface area contributed by atoms with Gasteiger partial charge in [0.1, 0.15) is 13.2 Å². The Labute approximate surface area is 258 Å². The standard InChI is InChI=1S/C27H25N5O10S2/c33-21-13-23-30(21)24(25(35)41-14-17-1-5-19(6-2-17)31(37)38)26(44-23)43-16-22(34)28-9-11-29(12-10-28)27(36)42-15-18-3-7-20(8-4-18)32(39)40/h1-8,23H,9-16H2/t23-/m0/s1. The molecule has 0 N–H and O–H groups in total.